The van der Waals surface area contributed by atoms with Crippen molar-refractivity contribution in [3.05, 3.63) is 48.0 Å². The Hall–Kier alpha value is -2.78. The van der Waals surface area contributed by atoms with Gasteiger partial charge >= 0.3 is 5.97 Å². The van der Waals surface area contributed by atoms with Crippen molar-refractivity contribution in [3.63, 3.8) is 0 Å². The van der Waals surface area contributed by atoms with Gasteiger partial charge in [-0.15, -0.1) is 0 Å². The van der Waals surface area contributed by atoms with Crippen LogP contribution in [0.15, 0.2) is 47.4 Å². The maximum atomic E-state index is 12.8. The van der Waals surface area contributed by atoms with E-state index in [2.05, 4.69) is 4.72 Å². The number of carbonyl (C=O) groups excluding carboxylic acids is 1. The highest BCUT2D eigenvalue weighted by molar-refractivity contribution is 7.89. The fourth-order valence-electron chi connectivity index (χ4n) is 2.62. The number of benzene rings is 2. The number of fused-ring (bicyclic) bond motifs is 1. The first-order valence-corrected chi connectivity index (χ1v) is 9.54. The van der Waals surface area contributed by atoms with E-state index >= 15 is 0 Å². The Bertz CT molecular complexity index is 925. The van der Waals surface area contributed by atoms with E-state index in [0.717, 1.165) is 0 Å². The summed E-state index contributed by atoms with van der Waals surface area (Å²) in [7, 11) is -1.15. The number of nitrogens with one attached hydrogen (secondary N) is 1. The Morgan fingerprint density at radius 1 is 1.11 bits per heavy atom. The highest BCUT2D eigenvalue weighted by Gasteiger charge is 2.26. The third-order valence-corrected chi connectivity index (χ3v) is 5.55. The van der Waals surface area contributed by atoms with E-state index in [1.165, 1.54) is 26.4 Å². The molecular weight excluding hydrogens is 374 g/mol. The largest absolute Gasteiger partial charge is 0.497 e. The van der Waals surface area contributed by atoms with E-state index in [9.17, 15) is 13.2 Å². The monoisotopic (exact) mass is 393 g/mol. The number of carbonyl (C=O) groups is 1. The lowest BCUT2D eigenvalue weighted by Crippen LogP contribution is -2.30. The summed E-state index contributed by atoms with van der Waals surface area (Å²) in [6, 6.07) is 10.1. The molecule has 0 saturated heterocycles. The van der Waals surface area contributed by atoms with Gasteiger partial charge in [0.15, 0.2) is 11.5 Å². The first-order chi connectivity index (χ1) is 12.9. The molecule has 0 amide bonds. The number of esters is 1. The summed E-state index contributed by atoms with van der Waals surface area (Å²) in [6.07, 6.45) is -0.175. The quantitative estimate of drug-likeness (QED) is 0.718. The second-order valence-corrected chi connectivity index (χ2v) is 7.46. The molecule has 9 heteroatoms. The van der Waals surface area contributed by atoms with E-state index in [-0.39, 0.29) is 18.1 Å². The second-order valence-electron chi connectivity index (χ2n) is 5.74. The minimum atomic E-state index is -3.89. The van der Waals surface area contributed by atoms with Crippen LogP contribution < -0.4 is 18.9 Å². The molecule has 2 aromatic carbocycles. The van der Waals surface area contributed by atoms with Crippen molar-refractivity contribution in [1.29, 1.82) is 0 Å². The smallest absolute Gasteiger partial charge is 0.307 e. The van der Waals surface area contributed by atoms with Crippen LogP contribution in [0.5, 0.6) is 17.2 Å². The Balaban J connectivity index is 1.89. The van der Waals surface area contributed by atoms with Crippen molar-refractivity contribution >= 4 is 16.0 Å². The summed E-state index contributed by atoms with van der Waals surface area (Å²) < 4.78 is 48.4. The fraction of sp³-hybridized carbons (Fsp3) is 0.278. The van der Waals surface area contributed by atoms with E-state index in [1.807, 2.05) is 0 Å². The molecule has 1 heterocycles. The lowest BCUT2D eigenvalue weighted by molar-refractivity contribution is -0.141. The Kier molecular flexibility index (Phi) is 5.52. The van der Waals surface area contributed by atoms with Gasteiger partial charge in [0.2, 0.25) is 16.8 Å². The molecule has 0 aliphatic carbocycles. The van der Waals surface area contributed by atoms with Gasteiger partial charge in [-0.25, -0.2) is 13.1 Å². The van der Waals surface area contributed by atoms with E-state index in [4.69, 9.17) is 18.9 Å². The van der Waals surface area contributed by atoms with Crippen LogP contribution in [0.2, 0.25) is 0 Å². The predicted octanol–water partition coefficient (Wildman–Crippen LogP) is 2.01. The molecule has 0 bridgehead atoms. The van der Waals surface area contributed by atoms with Crippen molar-refractivity contribution in [2.45, 2.75) is 17.4 Å². The van der Waals surface area contributed by atoms with E-state index in [0.29, 0.717) is 22.8 Å². The van der Waals surface area contributed by atoms with Crippen molar-refractivity contribution in [1.82, 2.24) is 4.72 Å². The van der Waals surface area contributed by atoms with Gasteiger partial charge in [-0.05, 0) is 42.0 Å². The molecule has 0 aromatic heterocycles. The number of methoxy groups -OCH3 is 2. The van der Waals surface area contributed by atoms with Crippen LogP contribution in [0.1, 0.15) is 18.0 Å². The van der Waals surface area contributed by atoms with Gasteiger partial charge in [-0.3, -0.25) is 4.79 Å². The number of rotatable bonds is 7. The molecule has 2 aromatic rings. The molecule has 0 fully saturated rings. The SMILES string of the molecule is COC(=O)C[C@H](NS(=O)(=O)c1ccc(OC)cc1)c1ccc2c(c1)OCO2. The third-order valence-electron chi connectivity index (χ3n) is 4.06. The van der Waals surface area contributed by atoms with Crippen molar-refractivity contribution in [3.8, 4) is 17.2 Å². The number of hydrogen-bond donors (Lipinski definition) is 1. The van der Waals surface area contributed by atoms with Crippen LogP contribution in [-0.4, -0.2) is 35.4 Å². The molecule has 8 nitrogen and oxygen atoms in total. The molecule has 27 heavy (non-hydrogen) atoms. The van der Waals surface area contributed by atoms with Crippen LogP contribution in [0.3, 0.4) is 0 Å². The van der Waals surface area contributed by atoms with Crippen LogP contribution in [0, 0.1) is 0 Å². The fourth-order valence-corrected chi connectivity index (χ4v) is 3.84. The van der Waals surface area contributed by atoms with Gasteiger partial charge in [0, 0.05) is 0 Å². The van der Waals surface area contributed by atoms with Crippen molar-refractivity contribution in [2.75, 3.05) is 21.0 Å². The summed E-state index contributed by atoms with van der Waals surface area (Å²) in [4.78, 5) is 11.9. The van der Waals surface area contributed by atoms with Gasteiger partial charge in [0.25, 0.3) is 0 Å². The summed E-state index contributed by atoms with van der Waals surface area (Å²) in [5.74, 6) is 1.05. The highest BCUT2D eigenvalue weighted by Crippen LogP contribution is 2.35. The number of hydrogen-bond acceptors (Lipinski definition) is 7. The van der Waals surface area contributed by atoms with E-state index < -0.39 is 22.0 Å². The Labute approximate surface area is 157 Å². The first kappa shape index (κ1) is 19.0. The molecule has 0 unspecified atom stereocenters. The molecule has 144 valence electrons. The lowest BCUT2D eigenvalue weighted by atomic mass is 10.0. The van der Waals surface area contributed by atoms with Crippen LogP contribution in [-0.2, 0) is 19.6 Å². The number of ether oxygens (including phenoxy) is 4. The van der Waals surface area contributed by atoms with Crippen molar-refractivity contribution < 1.29 is 32.2 Å². The molecule has 1 aliphatic rings. The maximum absolute atomic E-state index is 12.8. The average Bonchev–Trinajstić information content (AvgIpc) is 3.15. The highest BCUT2D eigenvalue weighted by atomic mass is 32.2. The zero-order chi connectivity index (χ0) is 19.4. The summed E-state index contributed by atoms with van der Waals surface area (Å²) in [5, 5.41) is 0. The van der Waals surface area contributed by atoms with Gasteiger partial charge in [-0.1, -0.05) is 6.07 Å². The second kappa shape index (κ2) is 7.85. The standard InChI is InChI=1S/C18H19NO7S/c1-23-13-4-6-14(7-5-13)27(21,22)19-15(10-18(20)24-2)12-3-8-16-17(9-12)26-11-25-16/h3-9,15,19H,10-11H2,1-2H3/t15-/m0/s1. The minimum absolute atomic E-state index is 0.0545. The molecule has 1 aliphatic heterocycles. The van der Waals surface area contributed by atoms with Gasteiger partial charge in [-0.2, -0.15) is 0 Å². The van der Waals surface area contributed by atoms with Crippen LogP contribution in [0.4, 0.5) is 0 Å². The average molecular weight is 393 g/mol. The third kappa shape index (κ3) is 4.32. The Morgan fingerprint density at radius 2 is 1.81 bits per heavy atom. The zero-order valence-corrected chi connectivity index (χ0v) is 15.6. The molecule has 3 rings (SSSR count). The van der Waals surface area contributed by atoms with Crippen molar-refractivity contribution in [2.24, 2.45) is 0 Å². The number of sulfonamides is 1. The van der Waals surface area contributed by atoms with E-state index in [1.54, 1.807) is 30.3 Å². The maximum Gasteiger partial charge on any atom is 0.307 e. The topological polar surface area (TPSA) is 100 Å². The summed E-state index contributed by atoms with van der Waals surface area (Å²) in [6.45, 7) is 0.0953. The lowest BCUT2D eigenvalue weighted by Gasteiger charge is -2.19. The normalized spacial score (nSPS) is 13.9. The molecule has 0 spiro atoms. The minimum Gasteiger partial charge on any atom is -0.497 e. The summed E-state index contributed by atoms with van der Waals surface area (Å²) >= 11 is 0. The molecule has 0 radical (unpaired) electrons. The Morgan fingerprint density at radius 3 is 2.48 bits per heavy atom. The molecular formula is C18H19NO7S. The van der Waals surface area contributed by atoms with Gasteiger partial charge < -0.3 is 18.9 Å². The predicted molar refractivity (Wildman–Crippen MR) is 95.3 cm³/mol. The molecule has 1 atom stereocenters. The first-order valence-electron chi connectivity index (χ1n) is 8.05. The molecule has 1 N–H and O–H groups in total. The van der Waals surface area contributed by atoms with Gasteiger partial charge in [0.05, 0.1) is 31.6 Å². The van der Waals surface area contributed by atoms with Crippen LogP contribution >= 0.6 is 0 Å². The zero-order valence-electron chi connectivity index (χ0n) is 14.8. The van der Waals surface area contributed by atoms with Crippen LogP contribution in [0.25, 0.3) is 0 Å². The molecule has 0 saturated carbocycles. The van der Waals surface area contributed by atoms with Gasteiger partial charge in [0.1, 0.15) is 5.75 Å². The summed E-state index contributed by atoms with van der Waals surface area (Å²) in [5.41, 5.74) is 0.557.